The Labute approximate surface area is 113 Å². The highest BCUT2D eigenvalue weighted by Gasteiger charge is 2.29. The Morgan fingerprint density at radius 3 is 2.79 bits per heavy atom. The number of aryl methyl sites for hydroxylation is 1. The molecule has 0 aromatic heterocycles. The highest BCUT2D eigenvalue weighted by molar-refractivity contribution is 5.84. The minimum absolute atomic E-state index is 0.288. The zero-order chi connectivity index (χ0) is 14.5. The van der Waals surface area contributed by atoms with E-state index in [1.807, 2.05) is 13.8 Å². The van der Waals surface area contributed by atoms with Crippen molar-refractivity contribution in [1.29, 1.82) is 0 Å². The highest BCUT2D eigenvalue weighted by atomic mass is 19.1. The molecule has 0 radical (unpaired) electrons. The van der Waals surface area contributed by atoms with Gasteiger partial charge in [-0.15, -0.1) is 0 Å². The third-order valence-electron chi connectivity index (χ3n) is 3.12. The fraction of sp³-hybridized carbons (Fsp3) is 0.500. The lowest BCUT2D eigenvalue weighted by Crippen LogP contribution is -2.53. The van der Waals surface area contributed by atoms with Crippen molar-refractivity contribution in [2.24, 2.45) is 5.73 Å². The standard InChI is InChI=1S/C14H21FN2O2/c1-4-17-14(3,13(16)18)7-8-19-12-9-11(15)6-5-10(12)2/h5-6,9,17H,4,7-8H2,1-3H3,(H2,16,18). The Bertz CT molecular complexity index is 451. The van der Waals surface area contributed by atoms with Crippen LogP contribution in [-0.4, -0.2) is 24.6 Å². The van der Waals surface area contributed by atoms with Crippen LogP contribution in [0.3, 0.4) is 0 Å². The van der Waals surface area contributed by atoms with Crippen LogP contribution in [0.4, 0.5) is 4.39 Å². The van der Waals surface area contributed by atoms with Gasteiger partial charge in [0.2, 0.25) is 5.91 Å². The van der Waals surface area contributed by atoms with E-state index in [9.17, 15) is 9.18 Å². The largest absolute Gasteiger partial charge is 0.493 e. The fourth-order valence-corrected chi connectivity index (χ4v) is 1.78. The lowest BCUT2D eigenvalue weighted by molar-refractivity contribution is -0.124. The van der Waals surface area contributed by atoms with E-state index in [-0.39, 0.29) is 12.4 Å². The monoisotopic (exact) mass is 268 g/mol. The molecule has 1 amide bonds. The van der Waals surface area contributed by atoms with Crippen molar-refractivity contribution in [3.8, 4) is 5.75 Å². The van der Waals surface area contributed by atoms with Crippen LogP contribution in [0, 0.1) is 12.7 Å². The molecule has 0 aliphatic heterocycles. The number of rotatable bonds is 7. The molecule has 106 valence electrons. The number of nitrogens with one attached hydrogen (secondary N) is 1. The van der Waals surface area contributed by atoms with Crippen LogP contribution in [-0.2, 0) is 4.79 Å². The number of carbonyl (C=O) groups is 1. The van der Waals surface area contributed by atoms with E-state index in [0.29, 0.717) is 18.7 Å². The molecular formula is C14H21FN2O2. The van der Waals surface area contributed by atoms with Gasteiger partial charge in [0, 0.05) is 12.5 Å². The quantitative estimate of drug-likeness (QED) is 0.792. The maximum absolute atomic E-state index is 13.1. The number of carbonyl (C=O) groups excluding carboxylic acids is 1. The average molecular weight is 268 g/mol. The van der Waals surface area contributed by atoms with Crippen molar-refractivity contribution in [2.45, 2.75) is 32.7 Å². The second-order valence-electron chi connectivity index (χ2n) is 4.73. The van der Waals surface area contributed by atoms with E-state index in [2.05, 4.69) is 5.32 Å². The first-order valence-electron chi connectivity index (χ1n) is 6.33. The van der Waals surface area contributed by atoms with E-state index in [1.165, 1.54) is 12.1 Å². The summed E-state index contributed by atoms with van der Waals surface area (Å²) in [6, 6.07) is 4.38. The molecule has 1 aromatic carbocycles. The summed E-state index contributed by atoms with van der Waals surface area (Å²) >= 11 is 0. The predicted octanol–water partition coefficient (Wildman–Crippen LogP) is 1.76. The molecule has 4 nitrogen and oxygen atoms in total. The number of hydrogen-bond donors (Lipinski definition) is 2. The van der Waals surface area contributed by atoms with E-state index in [0.717, 1.165) is 5.56 Å². The SMILES string of the molecule is CCNC(C)(CCOc1cc(F)ccc1C)C(N)=O. The van der Waals surface area contributed by atoms with Crippen LogP contribution < -0.4 is 15.8 Å². The number of halogens is 1. The van der Waals surface area contributed by atoms with Crippen LogP contribution in [0.5, 0.6) is 5.75 Å². The van der Waals surface area contributed by atoms with Gasteiger partial charge in [-0.3, -0.25) is 4.79 Å². The summed E-state index contributed by atoms with van der Waals surface area (Å²) in [5, 5.41) is 3.04. The molecule has 0 aliphatic carbocycles. The lowest BCUT2D eigenvalue weighted by Gasteiger charge is -2.27. The summed E-state index contributed by atoms with van der Waals surface area (Å²) in [4.78, 5) is 11.4. The molecule has 1 atom stereocenters. The van der Waals surface area contributed by atoms with Gasteiger partial charge in [-0.1, -0.05) is 13.0 Å². The van der Waals surface area contributed by atoms with Gasteiger partial charge in [-0.05, 0) is 32.0 Å². The van der Waals surface area contributed by atoms with Gasteiger partial charge in [0.05, 0.1) is 12.1 Å². The molecule has 3 N–H and O–H groups in total. The lowest BCUT2D eigenvalue weighted by atomic mass is 9.97. The Morgan fingerprint density at radius 2 is 2.21 bits per heavy atom. The van der Waals surface area contributed by atoms with E-state index < -0.39 is 11.4 Å². The molecule has 0 aliphatic rings. The average Bonchev–Trinajstić information content (AvgIpc) is 2.33. The second kappa shape index (κ2) is 6.52. The van der Waals surface area contributed by atoms with Crippen molar-refractivity contribution in [3.05, 3.63) is 29.6 Å². The number of ether oxygens (including phenoxy) is 1. The van der Waals surface area contributed by atoms with Gasteiger partial charge < -0.3 is 15.8 Å². The number of likely N-dealkylation sites (N-methyl/N-ethyl adjacent to an activating group) is 1. The van der Waals surface area contributed by atoms with Gasteiger partial charge in [-0.25, -0.2) is 4.39 Å². The predicted molar refractivity (Wildman–Crippen MR) is 72.5 cm³/mol. The summed E-state index contributed by atoms with van der Waals surface area (Å²) in [5.41, 5.74) is 5.42. The number of nitrogens with two attached hydrogens (primary N) is 1. The Hall–Kier alpha value is -1.62. The molecule has 0 bridgehead atoms. The van der Waals surface area contributed by atoms with Crippen molar-refractivity contribution in [1.82, 2.24) is 5.32 Å². The van der Waals surface area contributed by atoms with Crippen LogP contribution in [0.25, 0.3) is 0 Å². The van der Waals surface area contributed by atoms with Crippen molar-refractivity contribution < 1.29 is 13.9 Å². The van der Waals surface area contributed by atoms with Gasteiger partial charge in [0.15, 0.2) is 0 Å². The normalized spacial score (nSPS) is 13.9. The van der Waals surface area contributed by atoms with Gasteiger partial charge >= 0.3 is 0 Å². The van der Waals surface area contributed by atoms with Crippen molar-refractivity contribution >= 4 is 5.91 Å². The van der Waals surface area contributed by atoms with Gasteiger partial charge in [-0.2, -0.15) is 0 Å². The summed E-state index contributed by atoms with van der Waals surface area (Å²) in [5.74, 6) is -0.276. The zero-order valence-corrected chi connectivity index (χ0v) is 11.6. The second-order valence-corrected chi connectivity index (χ2v) is 4.73. The maximum atomic E-state index is 13.1. The van der Waals surface area contributed by atoms with E-state index in [1.54, 1.807) is 13.0 Å². The zero-order valence-electron chi connectivity index (χ0n) is 11.6. The number of hydrogen-bond acceptors (Lipinski definition) is 3. The first-order valence-corrected chi connectivity index (χ1v) is 6.33. The topological polar surface area (TPSA) is 64.3 Å². The van der Waals surface area contributed by atoms with Gasteiger partial charge in [0.25, 0.3) is 0 Å². The Balaban J connectivity index is 2.62. The van der Waals surface area contributed by atoms with Crippen LogP contribution in [0.2, 0.25) is 0 Å². The maximum Gasteiger partial charge on any atom is 0.237 e. The third-order valence-corrected chi connectivity index (χ3v) is 3.12. The van der Waals surface area contributed by atoms with E-state index in [4.69, 9.17) is 10.5 Å². The molecule has 0 heterocycles. The molecule has 0 spiro atoms. The fourth-order valence-electron chi connectivity index (χ4n) is 1.78. The molecule has 1 unspecified atom stereocenters. The number of primary amides is 1. The molecule has 0 saturated carbocycles. The molecular weight excluding hydrogens is 247 g/mol. The smallest absolute Gasteiger partial charge is 0.237 e. The molecule has 1 aromatic rings. The van der Waals surface area contributed by atoms with Crippen LogP contribution >= 0.6 is 0 Å². The summed E-state index contributed by atoms with van der Waals surface area (Å²) in [6.45, 7) is 6.40. The Morgan fingerprint density at radius 1 is 1.53 bits per heavy atom. The van der Waals surface area contributed by atoms with Crippen LogP contribution in [0.1, 0.15) is 25.8 Å². The number of amides is 1. The van der Waals surface area contributed by atoms with Gasteiger partial charge in [0.1, 0.15) is 11.6 Å². The van der Waals surface area contributed by atoms with Crippen molar-refractivity contribution in [2.75, 3.05) is 13.2 Å². The third kappa shape index (κ3) is 4.21. The first-order chi connectivity index (χ1) is 8.89. The summed E-state index contributed by atoms with van der Waals surface area (Å²) in [7, 11) is 0. The highest BCUT2D eigenvalue weighted by Crippen LogP contribution is 2.20. The molecule has 0 fully saturated rings. The van der Waals surface area contributed by atoms with Crippen molar-refractivity contribution in [3.63, 3.8) is 0 Å². The molecule has 19 heavy (non-hydrogen) atoms. The molecule has 0 saturated heterocycles. The van der Waals surface area contributed by atoms with E-state index >= 15 is 0 Å². The minimum Gasteiger partial charge on any atom is -0.493 e. The molecule has 5 heteroatoms. The minimum atomic E-state index is -0.810. The van der Waals surface area contributed by atoms with Crippen LogP contribution in [0.15, 0.2) is 18.2 Å². The summed E-state index contributed by atoms with van der Waals surface area (Å²) in [6.07, 6.45) is 0.423. The first kappa shape index (κ1) is 15.4. The molecule has 1 rings (SSSR count). The summed E-state index contributed by atoms with van der Waals surface area (Å²) < 4.78 is 18.6. The number of benzene rings is 1. The Kier molecular flexibility index (Phi) is 5.30.